The van der Waals surface area contributed by atoms with Crippen LogP contribution in [0.25, 0.3) is 0 Å². The normalized spacial score (nSPS) is 13.5. The van der Waals surface area contributed by atoms with Gasteiger partial charge < -0.3 is 9.84 Å². The van der Waals surface area contributed by atoms with Crippen molar-refractivity contribution in [2.45, 2.75) is 10.3 Å². The fourth-order valence-corrected chi connectivity index (χ4v) is 3.05. The van der Waals surface area contributed by atoms with Gasteiger partial charge in [0.1, 0.15) is 4.21 Å². The Hall–Kier alpha value is -1.03. The number of carboxylic acids is 1. The molecule has 96 valence electrons. The van der Waals surface area contributed by atoms with E-state index in [1.165, 1.54) is 0 Å². The molecule has 1 aromatic rings. The van der Waals surface area contributed by atoms with E-state index in [-0.39, 0.29) is 4.21 Å². The van der Waals surface area contributed by atoms with Gasteiger partial charge in [0.25, 0.3) is 0 Å². The molecule has 1 rings (SSSR count). The van der Waals surface area contributed by atoms with Gasteiger partial charge in [-0.15, -0.1) is 0 Å². The molecule has 6 nitrogen and oxygen atoms in total. The highest BCUT2D eigenvalue weighted by molar-refractivity contribution is 7.91. The van der Waals surface area contributed by atoms with Crippen LogP contribution in [0.5, 0.6) is 0 Å². The van der Waals surface area contributed by atoms with Crippen molar-refractivity contribution in [2.24, 2.45) is 0 Å². The summed E-state index contributed by atoms with van der Waals surface area (Å²) in [6.45, 7) is -0.423. The average Bonchev–Trinajstić information content (AvgIpc) is 2.66. The smallest absolute Gasteiger partial charge is 0.334 e. The van der Waals surface area contributed by atoms with Crippen LogP contribution in [0.2, 0.25) is 0 Å². The number of thiophene rings is 1. The largest absolute Gasteiger partial charge is 0.479 e. The number of nitrogens with one attached hydrogen (secondary N) is 1. The number of hydrogen-bond acceptors (Lipinski definition) is 5. The fraction of sp³-hybridized carbons (Fsp3) is 0.375. The Labute approximate surface area is 101 Å². The highest BCUT2D eigenvalue weighted by atomic mass is 32.2. The lowest BCUT2D eigenvalue weighted by atomic mass is 10.4. The fourth-order valence-electron chi connectivity index (χ4n) is 0.970. The van der Waals surface area contributed by atoms with Crippen molar-refractivity contribution in [3.63, 3.8) is 0 Å². The number of ether oxygens (including phenoxy) is 1. The summed E-state index contributed by atoms with van der Waals surface area (Å²) in [6.07, 6.45) is -1.28. The summed E-state index contributed by atoms with van der Waals surface area (Å²) >= 11 is 0.457. The number of hydrogen-bond donors (Lipinski definition) is 2. The van der Waals surface area contributed by atoms with Crippen molar-refractivity contribution in [2.75, 3.05) is 13.7 Å². The Morgan fingerprint density at radius 1 is 1.65 bits per heavy atom. The SMILES string of the molecule is CO[C@@H](CNS(=O)(=O)c1ccc(F)s1)C(=O)O. The first-order valence-corrected chi connectivity index (χ1v) is 6.67. The number of aliphatic carboxylic acids is 1. The molecular weight excluding hydrogens is 273 g/mol. The van der Waals surface area contributed by atoms with Crippen LogP contribution in [0, 0.1) is 5.13 Å². The molecule has 0 fully saturated rings. The van der Waals surface area contributed by atoms with Gasteiger partial charge in [0.15, 0.2) is 11.2 Å². The first-order chi connectivity index (χ1) is 7.86. The third-order valence-electron chi connectivity index (χ3n) is 1.83. The zero-order valence-electron chi connectivity index (χ0n) is 8.71. The molecule has 0 bridgehead atoms. The Bertz CT molecular complexity index is 498. The van der Waals surface area contributed by atoms with E-state index in [0.717, 1.165) is 19.2 Å². The van der Waals surface area contributed by atoms with Crippen molar-refractivity contribution in [1.82, 2.24) is 4.72 Å². The van der Waals surface area contributed by atoms with Crippen molar-refractivity contribution >= 4 is 27.3 Å². The standard InChI is InChI=1S/C8H10FNO5S2/c1-15-5(8(11)12)4-10-17(13,14)7-3-2-6(9)16-7/h2-3,5,10H,4H2,1H3,(H,11,12)/t5-/m0/s1. The second kappa shape index (κ2) is 5.54. The molecule has 2 N–H and O–H groups in total. The maximum Gasteiger partial charge on any atom is 0.334 e. The molecule has 0 unspecified atom stereocenters. The second-order valence-electron chi connectivity index (χ2n) is 2.97. The topological polar surface area (TPSA) is 92.7 Å². The molecule has 1 aromatic heterocycles. The first kappa shape index (κ1) is 14.0. The Kier molecular flexibility index (Phi) is 4.57. The maximum atomic E-state index is 12.7. The Balaban J connectivity index is 2.71. The van der Waals surface area contributed by atoms with E-state index in [0.29, 0.717) is 11.3 Å². The molecule has 1 heterocycles. The molecule has 0 radical (unpaired) electrons. The minimum atomic E-state index is -3.89. The molecule has 0 amide bonds. The van der Waals surface area contributed by atoms with Crippen molar-refractivity contribution in [3.8, 4) is 0 Å². The molecule has 0 aliphatic heterocycles. The molecule has 0 saturated carbocycles. The molecule has 0 spiro atoms. The molecule has 17 heavy (non-hydrogen) atoms. The van der Waals surface area contributed by atoms with E-state index < -0.39 is 33.8 Å². The lowest BCUT2D eigenvalue weighted by Crippen LogP contribution is -2.37. The van der Waals surface area contributed by atoms with Crippen LogP contribution in [-0.2, 0) is 19.6 Å². The van der Waals surface area contributed by atoms with E-state index in [9.17, 15) is 17.6 Å². The summed E-state index contributed by atoms with van der Waals surface area (Å²) < 4.78 is 42.2. The van der Waals surface area contributed by atoms with Crippen LogP contribution in [0.4, 0.5) is 4.39 Å². The number of carbonyl (C=O) groups is 1. The van der Waals surface area contributed by atoms with Gasteiger partial charge in [0.2, 0.25) is 10.0 Å². The second-order valence-corrected chi connectivity index (χ2v) is 6.00. The van der Waals surface area contributed by atoms with E-state index in [1.54, 1.807) is 0 Å². The predicted molar refractivity (Wildman–Crippen MR) is 57.9 cm³/mol. The van der Waals surface area contributed by atoms with Gasteiger partial charge in [0, 0.05) is 13.7 Å². The Morgan fingerprint density at radius 2 is 2.29 bits per heavy atom. The number of rotatable bonds is 6. The van der Waals surface area contributed by atoms with Gasteiger partial charge in [-0.25, -0.2) is 17.9 Å². The van der Waals surface area contributed by atoms with Gasteiger partial charge in [-0.05, 0) is 12.1 Å². The molecular formula is C8H10FNO5S2. The number of carboxylic acid groups (broad SMARTS) is 1. The summed E-state index contributed by atoms with van der Waals surface area (Å²) in [5.74, 6) is -1.28. The van der Waals surface area contributed by atoms with Gasteiger partial charge in [-0.2, -0.15) is 4.39 Å². The molecule has 0 aliphatic carbocycles. The number of sulfonamides is 1. The van der Waals surface area contributed by atoms with Crippen LogP contribution >= 0.6 is 11.3 Å². The van der Waals surface area contributed by atoms with Gasteiger partial charge in [-0.1, -0.05) is 11.3 Å². The minimum absolute atomic E-state index is 0.213. The lowest BCUT2D eigenvalue weighted by Gasteiger charge is -2.10. The summed E-state index contributed by atoms with van der Waals surface area (Å²) in [5.41, 5.74) is 0. The molecule has 0 aromatic carbocycles. The molecule has 1 atom stereocenters. The van der Waals surface area contributed by atoms with E-state index in [4.69, 9.17) is 5.11 Å². The predicted octanol–water partition coefficient (Wildman–Crippen LogP) is 0.265. The van der Waals surface area contributed by atoms with Crippen molar-refractivity contribution in [3.05, 3.63) is 17.3 Å². The summed E-state index contributed by atoms with van der Waals surface area (Å²) in [6, 6.07) is 2.12. The molecule has 9 heteroatoms. The van der Waals surface area contributed by atoms with Crippen molar-refractivity contribution in [1.29, 1.82) is 0 Å². The zero-order chi connectivity index (χ0) is 13.1. The average molecular weight is 283 g/mol. The highest BCUT2D eigenvalue weighted by Crippen LogP contribution is 2.19. The van der Waals surface area contributed by atoms with Crippen LogP contribution < -0.4 is 4.72 Å². The Morgan fingerprint density at radius 3 is 2.71 bits per heavy atom. The maximum absolute atomic E-state index is 12.7. The van der Waals surface area contributed by atoms with E-state index in [2.05, 4.69) is 4.74 Å². The molecule has 0 saturated heterocycles. The van der Waals surface area contributed by atoms with Crippen LogP contribution in [0.1, 0.15) is 0 Å². The van der Waals surface area contributed by atoms with E-state index in [1.807, 2.05) is 4.72 Å². The third-order valence-corrected chi connectivity index (χ3v) is 4.62. The highest BCUT2D eigenvalue weighted by Gasteiger charge is 2.22. The quantitative estimate of drug-likeness (QED) is 0.781. The summed E-state index contributed by atoms with van der Waals surface area (Å²) in [4.78, 5) is 10.6. The van der Waals surface area contributed by atoms with Gasteiger partial charge in [0.05, 0.1) is 0 Å². The monoisotopic (exact) mass is 283 g/mol. The van der Waals surface area contributed by atoms with Crippen molar-refractivity contribution < 1.29 is 27.4 Å². The van der Waals surface area contributed by atoms with Crippen LogP contribution in [0.15, 0.2) is 16.3 Å². The number of methoxy groups -OCH3 is 1. The minimum Gasteiger partial charge on any atom is -0.479 e. The lowest BCUT2D eigenvalue weighted by molar-refractivity contribution is -0.147. The van der Waals surface area contributed by atoms with Gasteiger partial charge >= 0.3 is 5.97 Å². The van der Waals surface area contributed by atoms with Gasteiger partial charge in [-0.3, -0.25) is 0 Å². The van der Waals surface area contributed by atoms with Crippen LogP contribution in [0.3, 0.4) is 0 Å². The summed E-state index contributed by atoms with van der Waals surface area (Å²) in [5, 5.41) is 8.00. The molecule has 0 aliphatic rings. The zero-order valence-corrected chi connectivity index (χ0v) is 10.3. The summed E-state index contributed by atoms with van der Waals surface area (Å²) in [7, 11) is -2.74. The number of halogens is 1. The third kappa shape index (κ3) is 3.73. The first-order valence-electron chi connectivity index (χ1n) is 4.37. The van der Waals surface area contributed by atoms with E-state index >= 15 is 0 Å². The van der Waals surface area contributed by atoms with Crippen LogP contribution in [-0.4, -0.2) is 39.3 Å².